The molecule has 4 aromatic rings. The molecule has 1 aromatic heterocycles. The molecular weight excluding hydrogens is 272 g/mol. The van der Waals surface area contributed by atoms with Gasteiger partial charge in [0.05, 0.1) is 11.2 Å². The number of hydrogen-bond donors (Lipinski definition) is 2. The number of fused-ring (bicyclic) bond motifs is 3. The number of aromatic nitrogens is 1. The van der Waals surface area contributed by atoms with Crippen LogP contribution >= 0.6 is 0 Å². The molecule has 3 N–H and O–H groups in total. The second-order valence-corrected chi connectivity index (χ2v) is 5.55. The molecule has 0 bridgehead atoms. The lowest BCUT2D eigenvalue weighted by Crippen LogP contribution is -1.94. The molecule has 3 aromatic carbocycles. The van der Waals surface area contributed by atoms with Gasteiger partial charge >= 0.3 is 0 Å². The van der Waals surface area contributed by atoms with Crippen molar-refractivity contribution in [1.29, 1.82) is 0 Å². The number of hydrogen-bond acceptors (Lipinski definition) is 2. The smallest absolute Gasteiger partial charge is 0.123 e. The number of nitrogen functional groups attached to an aromatic ring is 1. The first-order chi connectivity index (χ1) is 10.7. The summed E-state index contributed by atoms with van der Waals surface area (Å²) < 4.78 is 2.12. The van der Waals surface area contributed by atoms with E-state index in [4.69, 9.17) is 5.73 Å². The van der Waals surface area contributed by atoms with Crippen LogP contribution in [0.4, 0.5) is 5.69 Å². The van der Waals surface area contributed by atoms with Gasteiger partial charge in [-0.05, 0) is 29.8 Å². The molecule has 0 radical (unpaired) electrons. The molecular formula is C19H16N2O. The van der Waals surface area contributed by atoms with Gasteiger partial charge in [-0.1, -0.05) is 36.4 Å². The molecule has 3 heteroatoms. The molecule has 0 atom stereocenters. The SMILES string of the molecule is Cn1c2ccccc2c2cc(-c3ccccc3O)cc(N)c21. The first kappa shape index (κ1) is 12.8. The van der Waals surface area contributed by atoms with Crippen LogP contribution in [0.1, 0.15) is 0 Å². The quantitative estimate of drug-likeness (QED) is 0.513. The van der Waals surface area contributed by atoms with Crippen LogP contribution in [0.15, 0.2) is 60.7 Å². The van der Waals surface area contributed by atoms with E-state index in [1.807, 2.05) is 43.4 Å². The zero-order valence-electron chi connectivity index (χ0n) is 12.2. The van der Waals surface area contributed by atoms with Crippen LogP contribution in [-0.4, -0.2) is 9.67 Å². The van der Waals surface area contributed by atoms with Crippen molar-refractivity contribution in [3.8, 4) is 16.9 Å². The molecule has 0 saturated carbocycles. The van der Waals surface area contributed by atoms with E-state index in [9.17, 15) is 5.11 Å². The number of phenolic OH excluding ortho intramolecular Hbond substituents is 1. The number of nitrogens with two attached hydrogens (primary N) is 1. The van der Waals surface area contributed by atoms with E-state index >= 15 is 0 Å². The van der Waals surface area contributed by atoms with Gasteiger partial charge in [-0.3, -0.25) is 0 Å². The Morgan fingerprint density at radius 2 is 1.64 bits per heavy atom. The van der Waals surface area contributed by atoms with Gasteiger partial charge in [0, 0.05) is 28.9 Å². The van der Waals surface area contributed by atoms with Crippen molar-refractivity contribution < 1.29 is 5.11 Å². The summed E-state index contributed by atoms with van der Waals surface area (Å²) in [4.78, 5) is 0. The standard InChI is InChI=1S/C19H16N2O/c1-21-17-8-4-2-7-14(17)15-10-12(11-16(20)19(15)21)13-6-3-5-9-18(13)22/h2-11,22H,20H2,1H3. The number of phenols is 1. The zero-order valence-corrected chi connectivity index (χ0v) is 12.2. The highest BCUT2D eigenvalue weighted by molar-refractivity contribution is 6.13. The first-order valence-electron chi connectivity index (χ1n) is 7.22. The maximum atomic E-state index is 10.1. The first-order valence-corrected chi connectivity index (χ1v) is 7.22. The van der Waals surface area contributed by atoms with Gasteiger partial charge in [0.25, 0.3) is 0 Å². The molecule has 0 amide bonds. The fraction of sp³-hybridized carbons (Fsp3) is 0.0526. The number of rotatable bonds is 1. The summed E-state index contributed by atoms with van der Waals surface area (Å²) in [6, 6.07) is 19.6. The molecule has 22 heavy (non-hydrogen) atoms. The summed E-state index contributed by atoms with van der Waals surface area (Å²) in [5.74, 6) is 0.265. The molecule has 108 valence electrons. The highest BCUT2D eigenvalue weighted by Crippen LogP contribution is 2.37. The van der Waals surface area contributed by atoms with E-state index in [0.29, 0.717) is 0 Å². The lowest BCUT2D eigenvalue weighted by molar-refractivity contribution is 0.477. The highest BCUT2D eigenvalue weighted by atomic mass is 16.3. The van der Waals surface area contributed by atoms with E-state index in [1.165, 1.54) is 5.39 Å². The second-order valence-electron chi connectivity index (χ2n) is 5.55. The summed E-state index contributed by atoms with van der Waals surface area (Å²) >= 11 is 0. The van der Waals surface area contributed by atoms with Gasteiger partial charge in [0.2, 0.25) is 0 Å². The number of benzene rings is 3. The molecule has 0 aliphatic heterocycles. The predicted molar refractivity (Wildman–Crippen MR) is 91.9 cm³/mol. The van der Waals surface area contributed by atoms with Crippen molar-refractivity contribution in [3.05, 3.63) is 60.7 Å². The number of aromatic hydroxyl groups is 1. The third kappa shape index (κ3) is 1.69. The monoisotopic (exact) mass is 288 g/mol. The number of para-hydroxylation sites is 2. The molecule has 0 aliphatic carbocycles. The van der Waals surface area contributed by atoms with E-state index in [1.54, 1.807) is 6.07 Å². The minimum absolute atomic E-state index is 0.265. The van der Waals surface area contributed by atoms with Crippen molar-refractivity contribution >= 4 is 27.5 Å². The molecule has 1 heterocycles. The van der Waals surface area contributed by atoms with Crippen molar-refractivity contribution in [2.24, 2.45) is 7.05 Å². The Hall–Kier alpha value is -2.94. The molecule has 3 nitrogen and oxygen atoms in total. The zero-order chi connectivity index (χ0) is 15.3. The van der Waals surface area contributed by atoms with E-state index in [0.717, 1.165) is 33.2 Å². The van der Waals surface area contributed by atoms with Crippen LogP contribution < -0.4 is 5.73 Å². The normalized spacial score (nSPS) is 11.3. The van der Waals surface area contributed by atoms with E-state index in [-0.39, 0.29) is 5.75 Å². The van der Waals surface area contributed by atoms with Gasteiger partial charge in [-0.25, -0.2) is 0 Å². The topological polar surface area (TPSA) is 51.2 Å². The van der Waals surface area contributed by atoms with Crippen molar-refractivity contribution in [2.75, 3.05) is 5.73 Å². The predicted octanol–water partition coefficient (Wildman–Crippen LogP) is 4.29. The molecule has 0 fully saturated rings. The molecule has 0 unspecified atom stereocenters. The maximum absolute atomic E-state index is 10.1. The van der Waals surface area contributed by atoms with Crippen LogP contribution in [0.25, 0.3) is 32.9 Å². The lowest BCUT2D eigenvalue weighted by atomic mass is 10.0. The Morgan fingerprint density at radius 3 is 2.45 bits per heavy atom. The van der Waals surface area contributed by atoms with Crippen LogP contribution in [0.2, 0.25) is 0 Å². The maximum Gasteiger partial charge on any atom is 0.123 e. The Bertz CT molecular complexity index is 1010. The van der Waals surface area contributed by atoms with Gasteiger partial charge in [-0.15, -0.1) is 0 Å². The Balaban J connectivity index is 2.13. The van der Waals surface area contributed by atoms with Gasteiger partial charge < -0.3 is 15.4 Å². The average molecular weight is 288 g/mol. The van der Waals surface area contributed by atoms with Crippen molar-refractivity contribution in [2.45, 2.75) is 0 Å². The molecule has 0 spiro atoms. The van der Waals surface area contributed by atoms with E-state index < -0.39 is 0 Å². The number of anilines is 1. The highest BCUT2D eigenvalue weighted by Gasteiger charge is 2.13. The number of nitrogens with zero attached hydrogens (tertiary/aromatic N) is 1. The summed E-state index contributed by atoms with van der Waals surface area (Å²) in [5.41, 5.74) is 10.9. The molecule has 0 saturated heterocycles. The molecule has 0 aliphatic rings. The van der Waals surface area contributed by atoms with Crippen LogP contribution in [0.5, 0.6) is 5.75 Å². The fourth-order valence-corrected chi connectivity index (χ4v) is 3.22. The van der Waals surface area contributed by atoms with E-state index in [2.05, 4.69) is 22.8 Å². The fourth-order valence-electron chi connectivity index (χ4n) is 3.22. The second kappa shape index (κ2) is 4.53. The van der Waals surface area contributed by atoms with Crippen molar-refractivity contribution in [3.63, 3.8) is 0 Å². The largest absolute Gasteiger partial charge is 0.507 e. The summed E-state index contributed by atoms with van der Waals surface area (Å²) in [5, 5.41) is 12.4. The van der Waals surface area contributed by atoms with Crippen LogP contribution in [0, 0.1) is 0 Å². The average Bonchev–Trinajstić information content (AvgIpc) is 2.82. The van der Waals surface area contributed by atoms with Crippen LogP contribution in [0.3, 0.4) is 0 Å². The van der Waals surface area contributed by atoms with Gasteiger partial charge in [0.15, 0.2) is 0 Å². The molecule has 4 rings (SSSR count). The third-order valence-electron chi connectivity index (χ3n) is 4.25. The minimum Gasteiger partial charge on any atom is -0.507 e. The summed E-state index contributed by atoms with van der Waals surface area (Å²) in [7, 11) is 2.03. The van der Waals surface area contributed by atoms with Gasteiger partial charge in [0.1, 0.15) is 5.75 Å². The lowest BCUT2D eigenvalue weighted by Gasteiger charge is -2.08. The third-order valence-corrected chi connectivity index (χ3v) is 4.25. The minimum atomic E-state index is 0.265. The Morgan fingerprint density at radius 1 is 0.909 bits per heavy atom. The Labute approximate surface area is 128 Å². The number of aryl methyl sites for hydroxylation is 1. The Kier molecular flexibility index (Phi) is 2.63. The van der Waals surface area contributed by atoms with Crippen LogP contribution in [-0.2, 0) is 7.05 Å². The van der Waals surface area contributed by atoms with Crippen molar-refractivity contribution in [1.82, 2.24) is 4.57 Å². The summed E-state index contributed by atoms with van der Waals surface area (Å²) in [6.45, 7) is 0. The summed E-state index contributed by atoms with van der Waals surface area (Å²) in [6.07, 6.45) is 0. The van der Waals surface area contributed by atoms with Gasteiger partial charge in [-0.2, -0.15) is 0 Å².